The van der Waals surface area contributed by atoms with Crippen LogP contribution in [0, 0.1) is 19.3 Å². The number of amides is 2. The van der Waals surface area contributed by atoms with Crippen LogP contribution in [0.4, 0.5) is 0 Å². The number of likely N-dealkylation sites (tertiary alicyclic amines) is 1. The minimum Gasteiger partial charge on any atom is -0.491 e. The van der Waals surface area contributed by atoms with Crippen molar-refractivity contribution in [2.75, 3.05) is 13.2 Å². The topological polar surface area (TPSA) is 66.8 Å². The van der Waals surface area contributed by atoms with E-state index in [1.54, 1.807) is 0 Å². The fraction of sp³-hybridized carbons (Fsp3) is 0.579. The van der Waals surface area contributed by atoms with Crippen LogP contribution in [0.5, 0.6) is 5.75 Å². The van der Waals surface area contributed by atoms with E-state index in [0.717, 1.165) is 42.6 Å². The zero-order chi connectivity index (χ0) is 17.3. The van der Waals surface area contributed by atoms with Crippen LogP contribution in [0.3, 0.4) is 0 Å². The lowest BCUT2D eigenvalue weighted by molar-refractivity contribution is -0.143. The van der Waals surface area contributed by atoms with Gasteiger partial charge in [0.2, 0.25) is 11.8 Å². The van der Waals surface area contributed by atoms with Crippen molar-refractivity contribution in [1.82, 2.24) is 4.90 Å². The molecule has 1 saturated carbocycles. The number of aliphatic hydroxyl groups is 1. The molecule has 1 aromatic rings. The number of β-amino-alcohol motifs (C(OH)–C–C–N with tert-alkyl or cyclic N) is 1. The third-order valence-electron chi connectivity index (χ3n) is 5.22. The number of rotatable bonds is 5. The summed E-state index contributed by atoms with van der Waals surface area (Å²) in [7, 11) is 0. The van der Waals surface area contributed by atoms with Gasteiger partial charge in [0, 0.05) is 6.42 Å². The van der Waals surface area contributed by atoms with Gasteiger partial charge in [-0.25, -0.2) is 0 Å². The first-order valence-electron chi connectivity index (χ1n) is 8.64. The third-order valence-corrected chi connectivity index (χ3v) is 5.22. The molecule has 1 saturated heterocycles. The molecule has 1 atom stereocenters. The van der Waals surface area contributed by atoms with E-state index in [2.05, 4.69) is 0 Å². The predicted molar refractivity (Wildman–Crippen MR) is 89.7 cm³/mol. The maximum absolute atomic E-state index is 12.6. The molecule has 2 amide bonds. The molecule has 1 aromatic carbocycles. The van der Waals surface area contributed by atoms with Crippen LogP contribution in [-0.4, -0.2) is 41.1 Å². The Labute approximate surface area is 142 Å². The second-order valence-electron chi connectivity index (χ2n) is 7.21. The maximum atomic E-state index is 12.6. The highest BCUT2D eigenvalue weighted by Crippen LogP contribution is 2.46. The van der Waals surface area contributed by atoms with Gasteiger partial charge in [-0.2, -0.15) is 0 Å². The summed E-state index contributed by atoms with van der Waals surface area (Å²) in [5.41, 5.74) is 1.59. The van der Waals surface area contributed by atoms with Gasteiger partial charge in [-0.15, -0.1) is 0 Å². The summed E-state index contributed by atoms with van der Waals surface area (Å²) in [5, 5.41) is 10.2. The largest absolute Gasteiger partial charge is 0.491 e. The molecule has 24 heavy (non-hydrogen) atoms. The first kappa shape index (κ1) is 17.0. The smallest absolute Gasteiger partial charge is 0.235 e. The molecular formula is C19H25NO4. The van der Waals surface area contributed by atoms with Crippen molar-refractivity contribution in [3.63, 3.8) is 0 Å². The standard InChI is InChI=1S/C19H25NO4/c1-13-5-6-14(2)16(9-13)24-12-15(21)11-20-17(22)10-19(18(20)23)7-3-4-8-19/h5-6,9,15,21H,3-4,7-8,10-12H2,1-2H3. The maximum Gasteiger partial charge on any atom is 0.235 e. The molecule has 0 radical (unpaired) electrons. The Kier molecular flexibility index (Phi) is 4.63. The molecule has 1 spiro atoms. The number of aryl methyl sites for hydroxylation is 2. The molecule has 1 aliphatic heterocycles. The summed E-state index contributed by atoms with van der Waals surface area (Å²) in [6.45, 7) is 4.00. The Morgan fingerprint density at radius 3 is 2.67 bits per heavy atom. The average Bonchev–Trinajstić information content (AvgIpc) is 3.10. The Bertz CT molecular complexity index is 649. The fourth-order valence-corrected chi connectivity index (χ4v) is 3.80. The number of benzene rings is 1. The molecule has 130 valence electrons. The van der Waals surface area contributed by atoms with Crippen LogP contribution in [0.25, 0.3) is 0 Å². The lowest BCUT2D eigenvalue weighted by Crippen LogP contribution is -2.41. The second kappa shape index (κ2) is 6.55. The van der Waals surface area contributed by atoms with Crippen molar-refractivity contribution >= 4 is 11.8 Å². The number of imide groups is 1. The number of ether oxygens (including phenoxy) is 1. The number of nitrogens with zero attached hydrogens (tertiary/aromatic N) is 1. The van der Waals surface area contributed by atoms with Gasteiger partial charge in [0.1, 0.15) is 18.5 Å². The summed E-state index contributed by atoms with van der Waals surface area (Å²) in [5.74, 6) is 0.462. The second-order valence-corrected chi connectivity index (χ2v) is 7.21. The Hall–Kier alpha value is -1.88. The highest BCUT2D eigenvalue weighted by molar-refractivity contribution is 6.06. The monoisotopic (exact) mass is 331 g/mol. The van der Waals surface area contributed by atoms with E-state index in [1.807, 2.05) is 32.0 Å². The van der Waals surface area contributed by atoms with E-state index in [0.29, 0.717) is 6.42 Å². The molecule has 0 aromatic heterocycles. The zero-order valence-corrected chi connectivity index (χ0v) is 14.4. The van der Waals surface area contributed by atoms with Crippen molar-refractivity contribution in [3.05, 3.63) is 29.3 Å². The molecule has 1 N–H and O–H groups in total. The van der Waals surface area contributed by atoms with Gasteiger partial charge in [-0.05, 0) is 43.9 Å². The molecular weight excluding hydrogens is 306 g/mol. The van der Waals surface area contributed by atoms with Crippen molar-refractivity contribution < 1.29 is 19.4 Å². The highest BCUT2D eigenvalue weighted by atomic mass is 16.5. The molecule has 2 aliphatic rings. The van der Waals surface area contributed by atoms with Crippen LogP contribution in [0.1, 0.15) is 43.2 Å². The van der Waals surface area contributed by atoms with E-state index >= 15 is 0 Å². The van der Waals surface area contributed by atoms with E-state index < -0.39 is 11.5 Å². The SMILES string of the molecule is Cc1ccc(C)c(OCC(O)CN2C(=O)CC3(CCCC3)C2=O)c1. The van der Waals surface area contributed by atoms with Crippen LogP contribution < -0.4 is 4.74 Å². The fourth-order valence-electron chi connectivity index (χ4n) is 3.80. The van der Waals surface area contributed by atoms with Crippen LogP contribution in [0.15, 0.2) is 18.2 Å². The van der Waals surface area contributed by atoms with Crippen LogP contribution in [-0.2, 0) is 9.59 Å². The Morgan fingerprint density at radius 2 is 1.96 bits per heavy atom. The number of carbonyl (C=O) groups is 2. The van der Waals surface area contributed by atoms with Gasteiger partial charge in [-0.3, -0.25) is 14.5 Å². The molecule has 0 bridgehead atoms. The normalized spacial score (nSPS) is 20.9. The van der Waals surface area contributed by atoms with Crippen molar-refractivity contribution in [1.29, 1.82) is 0 Å². The van der Waals surface area contributed by atoms with E-state index in [1.165, 1.54) is 4.90 Å². The van der Waals surface area contributed by atoms with E-state index in [9.17, 15) is 14.7 Å². The first-order chi connectivity index (χ1) is 11.4. The average molecular weight is 331 g/mol. The number of hydrogen-bond donors (Lipinski definition) is 1. The lowest BCUT2D eigenvalue weighted by Gasteiger charge is -2.23. The summed E-state index contributed by atoms with van der Waals surface area (Å²) < 4.78 is 5.68. The molecule has 1 unspecified atom stereocenters. The highest BCUT2D eigenvalue weighted by Gasteiger charge is 2.52. The van der Waals surface area contributed by atoms with Crippen molar-refractivity contribution in [2.24, 2.45) is 5.41 Å². The Morgan fingerprint density at radius 1 is 1.25 bits per heavy atom. The zero-order valence-electron chi connectivity index (χ0n) is 14.4. The summed E-state index contributed by atoms with van der Waals surface area (Å²) >= 11 is 0. The molecule has 1 heterocycles. The molecule has 5 heteroatoms. The van der Waals surface area contributed by atoms with E-state index in [4.69, 9.17) is 4.74 Å². The lowest BCUT2D eigenvalue weighted by atomic mass is 9.84. The Balaban J connectivity index is 1.59. The number of carbonyl (C=O) groups excluding carboxylic acids is 2. The number of aliphatic hydroxyl groups excluding tert-OH is 1. The van der Waals surface area contributed by atoms with Gasteiger partial charge in [0.15, 0.2) is 0 Å². The minimum atomic E-state index is -0.880. The predicted octanol–water partition coefficient (Wildman–Crippen LogP) is 2.36. The number of hydrogen-bond acceptors (Lipinski definition) is 4. The summed E-state index contributed by atoms with van der Waals surface area (Å²) in [4.78, 5) is 26.0. The van der Waals surface area contributed by atoms with Crippen molar-refractivity contribution in [3.8, 4) is 5.75 Å². The molecule has 3 rings (SSSR count). The van der Waals surface area contributed by atoms with Crippen molar-refractivity contribution in [2.45, 2.75) is 52.1 Å². The van der Waals surface area contributed by atoms with Gasteiger partial charge < -0.3 is 9.84 Å². The van der Waals surface area contributed by atoms with Gasteiger partial charge in [0.05, 0.1) is 12.0 Å². The van der Waals surface area contributed by atoms with Gasteiger partial charge in [0.25, 0.3) is 0 Å². The minimum absolute atomic E-state index is 0.0181. The molecule has 2 fully saturated rings. The van der Waals surface area contributed by atoms with E-state index in [-0.39, 0.29) is 25.0 Å². The summed E-state index contributed by atoms with van der Waals surface area (Å²) in [6, 6.07) is 5.89. The van der Waals surface area contributed by atoms with Crippen LogP contribution in [0.2, 0.25) is 0 Å². The quantitative estimate of drug-likeness (QED) is 0.841. The van der Waals surface area contributed by atoms with Gasteiger partial charge in [-0.1, -0.05) is 25.0 Å². The van der Waals surface area contributed by atoms with Gasteiger partial charge >= 0.3 is 0 Å². The third kappa shape index (κ3) is 3.18. The van der Waals surface area contributed by atoms with Crippen LogP contribution >= 0.6 is 0 Å². The summed E-state index contributed by atoms with van der Waals surface area (Å²) in [6.07, 6.45) is 3.02. The molecule has 1 aliphatic carbocycles. The molecule has 5 nitrogen and oxygen atoms in total. The first-order valence-corrected chi connectivity index (χ1v) is 8.64.